The van der Waals surface area contributed by atoms with Gasteiger partial charge in [0.15, 0.2) is 6.61 Å². The molecule has 2 N–H and O–H groups in total. The van der Waals surface area contributed by atoms with E-state index < -0.39 is 0 Å². The second-order valence-corrected chi connectivity index (χ2v) is 7.17. The predicted octanol–water partition coefficient (Wildman–Crippen LogP) is 3.59. The van der Waals surface area contributed by atoms with Gasteiger partial charge >= 0.3 is 0 Å². The SMILES string of the molecule is COCC(=O)Nc1ccc(NC(=O)COc2cccc(C(C)(C)C)c2)cc1. The van der Waals surface area contributed by atoms with Gasteiger partial charge in [-0.15, -0.1) is 0 Å². The van der Waals surface area contributed by atoms with Crippen LogP contribution in [0.25, 0.3) is 0 Å². The summed E-state index contributed by atoms with van der Waals surface area (Å²) >= 11 is 0. The third-order valence-corrected chi connectivity index (χ3v) is 3.80. The number of methoxy groups -OCH3 is 1. The third-order valence-electron chi connectivity index (χ3n) is 3.80. The molecule has 6 nitrogen and oxygen atoms in total. The fraction of sp³-hybridized carbons (Fsp3) is 0.333. The first-order chi connectivity index (χ1) is 12.8. The second-order valence-electron chi connectivity index (χ2n) is 7.17. The molecule has 0 aliphatic rings. The summed E-state index contributed by atoms with van der Waals surface area (Å²) < 4.78 is 10.4. The Hall–Kier alpha value is -2.86. The van der Waals surface area contributed by atoms with Crippen LogP contribution < -0.4 is 15.4 Å². The summed E-state index contributed by atoms with van der Waals surface area (Å²) in [6, 6.07) is 14.6. The largest absolute Gasteiger partial charge is 0.484 e. The van der Waals surface area contributed by atoms with Crippen molar-refractivity contribution in [3.05, 3.63) is 54.1 Å². The maximum absolute atomic E-state index is 12.1. The molecule has 2 aromatic carbocycles. The summed E-state index contributed by atoms with van der Waals surface area (Å²) in [5.41, 5.74) is 2.41. The zero-order valence-electron chi connectivity index (χ0n) is 16.2. The number of carbonyl (C=O) groups is 2. The van der Waals surface area contributed by atoms with Gasteiger partial charge in [0.2, 0.25) is 5.91 Å². The summed E-state index contributed by atoms with van der Waals surface area (Å²) in [5.74, 6) is 0.168. The van der Waals surface area contributed by atoms with Gasteiger partial charge in [0, 0.05) is 18.5 Å². The van der Waals surface area contributed by atoms with E-state index in [1.54, 1.807) is 24.3 Å². The van der Waals surface area contributed by atoms with Crippen molar-refractivity contribution in [1.82, 2.24) is 0 Å². The second kappa shape index (κ2) is 9.19. The maximum Gasteiger partial charge on any atom is 0.262 e. The van der Waals surface area contributed by atoms with Crippen LogP contribution in [0.5, 0.6) is 5.75 Å². The van der Waals surface area contributed by atoms with Crippen LogP contribution in [0.2, 0.25) is 0 Å². The van der Waals surface area contributed by atoms with Gasteiger partial charge in [-0.25, -0.2) is 0 Å². The van der Waals surface area contributed by atoms with Crippen molar-refractivity contribution in [1.29, 1.82) is 0 Å². The number of carbonyl (C=O) groups excluding carboxylic acids is 2. The van der Waals surface area contributed by atoms with Crippen molar-refractivity contribution in [3.8, 4) is 5.75 Å². The highest BCUT2D eigenvalue weighted by Gasteiger charge is 2.14. The van der Waals surface area contributed by atoms with Gasteiger partial charge in [-0.1, -0.05) is 32.9 Å². The van der Waals surface area contributed by atoms with Gasteiger partial charge in [-0.2, -0.15) is 0 Å². The normalized spacial score (nSPS) is 11.0. The average molecular weight is 370 g/mol. The van der Waals surface area contributed by atoms with Crippen LogP contribution in [0.3, 0.4) is 0 Å². The molecule has 0 saturated carbocycles. The molecule has 0 bridgehead atoms. The number of hydrogen-bond acceptors (Lipinski definition) is 4. The van der Waals surface area contributed by atoms with Crippen molar-refractivity contribution in [3.63, 3.8) is 0 Å². The van der Waals surface area contributed by atoms with E-state index in [-0.39, 0.29) is 30.4 Å². The third kappa shape index (κ3) is 6.75. The smallest absolute Gasteiger partial charge is 0.262 e. The molecule has 0 unspecified atom stereocenters. The van der Waals surface area contributed by atoms with E-state index in [2.05, 4.69) is 31.4 Å². The summed E-state index contributed by atoms with van der Waals surface area (Å²) in [4.78, 5) is 23.6. The van der Waals surface area contributed by atoms with Gasteiger partial charge in [-0.3, -0.25) is 9.59 Å². The van der Waals surface area contributed by atoms with Gasteiger partial charge in [0.05, 0.1) is 0 Å². The molecule has 0 aliphatic heterocycles. The first-order valence-corrected chi connectivity index (χ1v) is 8.70. The van der Waals surface area contributed by atoms with Crippen LogP contribution >= 0.6 is 0 Å². The highest BCUT2D eigenvalue weighted by molar-refractivity contribution is 5.93. The molecular weight excluding hydrogens is 344 g/mol. The summed E-state index contributed by atoms with van der Waals surface area (Å²) in [5, 5.41) is 5.45. The Balaban J connectivity index is 1.86. The maximum atomic E-state index is 12.1. The topological polar surface area (TPSA) is 76.7 Å². The summed E-state index contributed by atoms with van der Waals surface area (Å²) in [6.45, 7) is 6.28. The van der Waals surface area contributed by atoms with Crippen molar-refractivity contribution in [2.24, 2.45) is 0 Å². The Morgan fingerprint density at radius 2 is 1.44 bits per heavy atom. The number of hydrogen-bond donors (Lipinski definition) is 2. The van der Waals surface area contributed by atoms with Crippen LogP contribution in [-0.2, 0) is 19.7 Å². The Kier molecular flexibility index (Phi) is 6.96. The van der Waals surface area contributed by atoms with Crippen molar-refractivity contribution < 1.29 is 19.1 Å². The molecule has 0 spiro atoms. The Morgan fingerprint density at radius 3 is 1.96 bits per heavy atom. The van der Waals surface area contributed by atoms with E-state index in [1.165, 1.54) is 7.11 Å². The van der Waals surface area contributed by atoms with E-state index >= 15 is 0 Å². The van der Waals surface area contributed by atoms with Gasteiger partial charge in [0.25, 0.3) is 5.91 Å². The molecule has 144 valence electrons. The molecule has 0 aliphatic carbocycles. The number of anilines is 2. The van der Waals surface area contributed by atoms with Crippen molar-refractivity contribution in [2.75, 3.05) is 31.0 Å². The molecule has 2 rings (SSSR count). The minimum absolute atomic E-state index is 0.00770. The fourth-order valence-electron chi connectivity index (χ4n) is 2.36. The zero-order valence-corrected chi connectivity index (χ0v) is 16.2. The van der Waals surface area contributed by atoms with Crippen LogP contribution in [0.4, 0.5) is 11.4 Å². The van der Waals surface area contributed by atoms with E-state index in [9.17, 15) is 9.59 Å². The fourth-order valence-corrected chi connectivity index (χ4v) is 2.36. The van der Waals surface area contributed by atoms with Crippen LogP contribution in [-0.4, -0.2) is 32.1 Å². The van der Waals surface area contributed by atoms with E-state index in [1.807, 2.05) is 24.3 Å². The van der Waals surface area contributed by atoms with Crippen LogP contribution in [0.1, 0.15) is 26.3 Å². The standard InChI is InChI=1S/C21H26N2O4/c1-21(2,3)15-6-5-7-18(12-15)27-14-20(25)23-17-10-8-16(9-11-17)22-19(24)13-26-4/h5-12H,13-14H2,1-4H3,(H,22,24)(H,23,25). The van der Waals surface area contributed by atoms with Gasteiger partial charge in [-0.05, 0) is 47.4 Å². The van der Waals surface area contributed by atoms with Crippen LogP contribution in [0.15, 0.2) is 48.5 Å². The Bertz CT molecular complexity index is 780. The lowest BCUT2D eigenvalue weighted by atomic mass is 9.87. The van der Waals surface area contributed by atoms with Crippen molar-refractivity contribution >= 4 is 23.2 Å². The summed E-state index contributed by atoms with van der Waals surface area (Å²) in [7, 11) is 1.46. The number of ether oxygens (including phenoxy) is 2. The van der Waals surface area contributed by atoms with E-state index in [0.29, 0.717) is 17.1 Å². The molecule has 0 atom stereocenters. The van der Waals surface area contributed by atoms with Crippen LogP contribution in [0, 0.1) is 0 Å². The Labute approximate surface area is 159 Å². The first kappa shape index (κ1) is 20.5. The van der Waals surface area contributed by atoms with Crippen molar-refractivity contribution in [2.45, 2.75) is 26.2 Å². The highest BCUT2D eigenvalue weighted by Crippen LogP contribution is 2.25. The van der Waals surface area contributed by atoms with Gasteiger partial charge in [0.1, 0.15) is 12.4 Å². The average Bonchev–Trinajstić information content (AvgIpc) is 2.61. The number of nitrogens with one attached hydrogen (secondary N) is 2. The molecule has 2 aromatic rings. The highest BCUT2D eigenvalue weighted by atomic mass is 16.5. The molecular formula is C21H26N2O4. The number of rotatable bonds is 7. The minimum Gasteiger partial charge on any atom is -0.484 e. The van der Waals surface area contributed by atoms with E-state index in [4.69, 9.17) is 9.47 Å². The molecule has 0 saturated heterocycles. The lowest BCUT2D eigenvalue weighted by molar-refractivity contribution is -0.120. The lowest BCUT2D eigenvalue weighted by Crippen LogP contribution is -2.20. The number of amides is 2. The zero-order chi connectivity index (χ0) is 19.9. The quantitative estimate of drug-likeness (QED) is 0.781. The monoisotopic (exact) mass is 370 g/mol. The molecule has 0 aromatic heterocycles. The van der Waals surface area contributed by atoms with E-state index in [0.717, 1.165) is 5.56 Å². The molecule has 27 heavy (non-hydrogen) atoms. The molecule has 2 amide bonds. The first-order valence-electron chi connectivity index (χ1n) is 8.70. The number of benzene rings is 2. The lowest BCUT2D eigenvalue weighted by Gasteiger charge is -2.19. The predicted molar refractivity (Wildman–Crippen MR) is 106 cm³/mol. The summed E-state index contributed by atoms with van der Waals surface area (Å²) in [6.07, 6.45) is 0. The molecule has 0 radical (unpaired) electrons. The van der Waals surface area contributed by atoms with Gasteiger partial charge < -0.3 is 20.1 Å². The Morgan fingerprint density at radius 1 is 0.889 bits per heavy atom. The molecule has 0 heterocycles. The minimum atomic E-state index is -0.257. The molecule has 0 fully saturated rings. The molecule has 6 heteroatoms.